The summed E-state index contributed by atoms with van der Waals surface area (Å²) in [5.74, 6) is -0.285. The molecule has 0 aliphatic rings. The Morgan fingerprint density at radius 2 is 2.15 bits per heavy atom. The van der Waals surface area contributed by atoms with Gasteiger partial charge in [-0.05, 0) is 38.2 Å². The molecule has 4 nitrogen and oxygen atoms in total. The summed E-state index contributed by atoms with van der Waals surface area (Å²) in [6, 6.07) is 5.91. The van der Waals surface area contributed by atoms with E-state index in [9.17, 15) is 14.3 Å². The summed E-state index contributed by atoms with van der Waals surface area (Å²) in [5, 5.41) is 10.0. The van der Waals surface area contributed by atoms with E-state index in [1.807, 2.05) is 18.0 Å². The Bertz CT molecular complexity index is 608. The highest BCUT2D eigenvalue weighted by atomic mass is 19.1. The van der Waals surface area contributed by atoms with Crippen molar-refractivity contribution in [3.63, 3.8) is 0 Å². The van der Waals surface area contributed by atoms with E-state index in [0.29, 0.717) is 18.7 Å². The van der Waals surface area contributed by atoms with Gasteiger partial charge < -0.3 is 9.52 Å². The number of ketones is 1. The molecule has 0 fully saturated rings. The average molecular weight is 277 g/mol. The molecule has 0 atom stereocenters. The first-order valence-corrected chi connectivity index (χ1v) is 6.20. The lowest BCUT2D eigenvalue weighted by molar-refractivity contribution is 0.101. The van der Waals surface area contributed by atoms with Crippen molar-refractivity contribution >= 4 is 5.78 Å². The van der Waals surface area contributed by atoms with Crippen LogP contribution < -0.4 is 0 Å². The summed E-state index contributed by atoms with van der Waals surface area (Å²) in [5.41, 5.74) is 0.385. The molecule has 20 heavy (non-hydrogen) atoms. The SMILES string of the molecule is CC(=O)c1cc(F)cc(CN(C)Cc2ccco2)c1O. The maximum Gasteiger partial charge on any atom is 0.163 e. The van der Waals surface area contributed by atoms with Crippen LogP contribution in [0.1, 0.15) is 28.6 Å². The Kier molecular flexibility index (Phi) is 4.20. The lowest BCUT2D eigenvalue weighted by Gasteiger charge is -2.17. The van der Waals surface area contributed by atoms with Crippen LogP contribution in [0.4, 0.5) is 4.39 Å². The minimum Gasteiger partial charge on any atom is -0.507 e. The van der Waals surface area contributed by atoms with Crippen molar-refractivity contribution in [2.75, 3.05) is 7.05 Å². The zero-order valence-electron chi connectivity index (χ0n) is 11.4. The van der Waals surface area contributed by atoms with E-state index < -0.39 is 5.82 Å². The van der Waals surface area contributed by atoms with Gasteiger partial charge in [-0.3, -0.25) is 9.69 Å². The maximum absolute atomic E-state index is 13.5. The second kappa shape index (κ2) is 5.88. The molecule has 0 spiro atoms. The number of benzene rings is 1. The predicted molar refractivity (Wildman–Crippen MR) is 71.9 cm³/mol. The highest BCUT2D eigenvalue weighted by molar-refractivity contribution is 5.97. The molecule has 0 bridgehead atoms. The molecule has 0 saturated heterocycles. The van der Waals surface area contributed by atoms with Crippen molar-refractivity contribution in [1.29, 1.82) is 0 Å². The average Bonchev–Trinajstić information content (AvgIpc) is 2.85. The molecular weight excluding hydrogens is 261 g/mol. The minimum absolute atomic E-state index is 0.00592. The Hall–Kier alpha value is -2.14. The fourth-order valence-corrected chi connectivity index (χ4v) is 2.06. The summed E-state index contributed by atoms with van der Waals surface area (Å²) in [6.07, 6.45) is 1.58. The number of aromatic hydroxyl groups is 1. The predicted octanol–water partition coefficient (Wildman–Crippen LogP) is 2.96. The van der Waals surface area contributed by atoms with E-state index in [-0.39, 0.29) is 17.1 Å². The van der Waals surface area contributed by atoms with E-state index in [1.54, 1.807) is 12.3 Å². The molecule has 0 unspecified atom stereocenters. The van der Waals surface area contributed by atoms with Crippen molar-refractivity contribution in [2.45, 2.75) is 20.0 Å². The number of carbonyl (C=O) groups excluding carboxylic acids is 1. The highest BCUT2D eigenvalue weighted by Crippen LogP contribution is 2.26. The lowest BCUT2D eigenvalue weighted by Crippen LogP contribution is -2.17. The molecule has 2 rings (SSSR count). The van der Waals surface area contributed by atoms with Gasteiger partial charge in [0.25, 0.3) is 0 Å². The molecular formula is C15H16FNO3. The van der Waals surface area contributed by atoms with Gasteiger partial charge in [0.15, 0.2) is 5.78 Å². The number of furan rings is 1. The second-order valence-corrected chi connectivity index (χ2v) is 4.77. The molecule has 1 N–H and O–H groups in total. The molecule has 2 aromatic rings. The Morgan fingerprint density at radius 1 is 1.40 bits per heavy atom. The van der Waals surface area contributed by atoms with E-state index in [4.69, 9.17) is 4.42 Å². The van der Waals surface area contributed by atoms with Crippen LogP contribution in [0.2, 0.25) is 0 Å². The number of Topliss-reactive ketones (excluding diaryl/α,β-unsaturated/α-hetero) is 1. The Balaban J connectivity index is 2.18. The van der Waals surface area contributed by atoms with Crippen molar-refractivity contribution in [3.8, 4) is 5.75 Å². The molecule has 0 radical (unpaired) electrons. The molecule has 0 aliphatic carbocycles. The van der Waals surface area contributed by atoms with Gasteiger partial charge in [0, 0.05) is 12.1 Å². The van der Waals surface area contributed by atoms with Crippen LogP contribution in [0.3, 0.4) is 0 Å². The normalized spacial score (nSPS) is 11.0. The number of rotatable bonds is 5. The van der Waals surface area contributed by atoms with Crippen LogP contribution in [0.15, 0.2) is 34.9 Å². The summed E-state index contributed by atoms with van der Waals surface area (Å²) >= 11 is 0. The third-order valence-corrected chi connectivity index (χ3v) is 2.98. The second-order valence-electron chi connectivity index (χ2n) is 4.77. The third kappa shape index (κ3) is 3.24. The number of phenolic OH excluding ortho intramolecular Hbond substituents is 1. The van der Waals surface area contributed by atoms with Crippen molar-refractivity contribution in [3.05, 3.63) is 53.2 Å². The third-order valence-electron chi connectivity index (χ3n) is 2.98. The fourth-order valence-electron chi connectivity index (χ4n) is 2.06. The Labute approximate surface area is 116 Å². The van der Waals surface area contributed by atoms with Crippen LogP contribution in [0.5, 0.6) is 5.75 Å². The van der Waals surface area contributed by atoms with Gasteiger partial charge in [-0.1, -0.05) is 0 Å². The number of hydrogen-bond acceptors (Lipinski definition) is 4. The van der Waals surface area contributed by atoms with Gasteiger partial charge in [-0.25, -0.2) is 4.39 Å². The standard InChI is InChI=1S/C15H16FNO3/c1-10(18)14-7-12(16)6-11(15(14)19)8-17(2)9-13-4-3-5-20-13/h3-7,19H,8-9H2,1-2H3. The summed E-state index contributed by atoms with van der Waals surface area (Å²) in [6.45, 7) is 2.13. The van der Waals surface area contributed by atoms with Crippen molar-refractivity contribution in [2.24, 2.45) is 0 Å². The molecule has 1 heterocycles. The first-order chi connectivity index (χ1) is 9.47. The quantitative estimate of drug-likeness (QED) is 0.854. The van der Waals surface area contributed by atoms with Crippen LogP contribution in [0.25, 0.3) is 0 Å². The minimum atomic E-state index is -0.533. The first kappa shape index (κ1) is 14.3. The molecule has 0 saturated carbocycles. The van der Waals surface area contributed by atoms with Gasteiger partial charge >= 0.3 is 0 Å². The van der Waals surface area contributed by atoms with Crippen molar-refractivity contribution < 1.29 is 18.7 Å². The largest absolute Gasteiger partial charge is 0.507 e. The summed E-state index contributed by atoms with van der Waals surface area (Å²) in [7, 11) is 1.82. The van der Waals surface area contributed by atoms with E-state index in [0.717, 1.165) is 11.8 Å². The molecule has 1 aromatic carbocycles. The topological polar surface area (TPSA) is 53.7 Å². The highest BCUT2D eigenvalue weighted by Gasteiger charge is 2.15. The van der Waals surface area contributed by atoms with Crippen LogP contribution >= 0.6 is 0 Å². The monoisotopic (exact) mass is 277 g/mol. The van der Waals surface area contributed by atoms with Crippen molar-refractivity contribution in [1.82, 2.24) is 4.90 Å². The zero-order valence-corrected chi connectivity index (χ0v) is 11.4. The van der Waals surface area contributed by atoms with Crippen LogP contribution in [0, 0.1) is 5.82 Å². The summed E-state index contributed by atoms with van der Waals surface area (Å²) in [4.78, 5) is 13.2. The fraction of sp³-hybridized carbons (Fsp3) is 0.267. The molecule has 106 valence electrons. The van der Waals surface area contributed by atoms with Gasteiger partial charge in [0.1, 0.15) is 17.3 Å². The van der Waals surface area contributed by atoms with Gasteiger partial charge in [-0.15, -0.1) is 0 Å². The first-order valence-electron chi connectivity index (χ1n) is 6.20. The molecule has 1 aromatic heterocycles. The van der Waals surface area contributed by atoms with E-state index >= 15 is 0 Å². The number of nitrogens with zero attached hydrogens (tertiary/aromatic N) is 1. The molecule has 0 aliphatic heterocycles. The van der Waals surface area contributed by atoms with Gasteiger partial charge in [0.05, 0.1) is 18.4 Å². The van der Waals surface area contributed by atoms with Gasteiger partial charge in [-0.2, -0.15) is 0 Å². The van der Waals surface area contributed by atoms with Crippen LogP contribution in [-0.4, -0.2) is 22.8 Å². The smallest absolute Gasteiger partial charge is 0.163 e. The number of hydrogen-bond donors (Lipinski definition) is 1. The molecule has 5 heteroatoms. The number of halogens is 1. The maximum atomic E-state index is 13.5. The van der Waals surface area contributed by atoms with E-state index in [2.05, 4.69) is 0 Å². The summed E-state index contributed by atoms with van der Waals surface area (Å²) < 4.78 is 18.7. The zero-order chi connectivity index (χ0) is 14.7. The number of phenols is 1. The molecule has 0 amide bonds. The van der Waals surface area contributed by atoms with E-state index in [1.165, 1.54) is 13.0 Å². The Morgan fingerprint density at radius 3 is 2.75 bits per heavy atom. The lowest BCUT2D eigenvalue weighted by atomic mass is 10.0. The van der Waals surface area contributed by atoms with Crippen LogP contribution in [-0.2, 0) is 13.1 Å². The number of carbonyl (C=O) groups is 1. The van der Waals surface area contributed by atoms with Gasteiger partial charge in [0.2, 0.25) is 0 Å².